The van der Waals surface area contributed by atoms with Crippen LogP contribution in [0.3, 0.4) is 0 Å². The SMILES string of the molecule is CN(Cc1cc(Cl)ccc1Cl)c1ccc(C(N)=S)cc1. The van der Waals surface area contributed by atoms with Crippen molar-refractivity contribution in [2.75, 3.05) is 11.9 Å². The van der Waals surface area contributed by atoms with Crippen molar-refractivity contribution >= 4 is 46.1 Å². The van der Waals surface area contributed by atoms with Gasteiger partial charge < -0.3 is 10.6 Å². The predicted octanol–water partition coefficient (Wildman–Crippen LogP) is 4.26. The van der Waals surface area contributed by atoms with E-state index in [1.54, 1.807) is 6.07 Å². The third kappa shape index (κ3) is 3.63. The molecule has 0 aromatic heterocycles. The van der Waals surface area contributed by atoms with Crippen molar-refractivity contribution in [3.8, 4) is 0 Å². The first-order chi connectivity index (χ1) is 9.47. The topological polar surface area (TPSA) is 29.3 Å². The molecule has 0 aliphatic carbocycles. The molecule has 0 heterocycles. The Bertz CT molecular complexity index is 626. The Morgan fingerprint density at radius 1 is 1.15 bits per heavy atom. The van der Waals surface area contributed by atoms with Crippen LogP contribution in [0.15, 0.2) is 42.5 Å². The van der Waals surface area contributed by atoms with Crippen LogP contribution in [0.25, 0.3) is 0 Å². The van der Waals surface area contributed by atoms with E-state index < -0.39 is 0 Å². The summed E-state index contributed by atoms with van der Waals surface area (Å²) in [6.07, 6.45) is 0. The Balaban J connectivity index is 2.17. The molecule has 2 aromatic carbocycles. The van der Waals surface area contributed by atoms with Crippen molar-refractivity contribution in [2.24, 2.45) is 5.73 Å². The number of thiocarbonyl (C=S) groups is 1. The third-order valence-electron chi connectivity index (χ3n) is 3.01. The molecule has 0 saturated heterocycles. The van der Waals surface area contributed by atoms with Crippen LogP contribution in [0.2, 0.25) is 10.0 Å². The molecule has 0 aliphatic heterocycles. The van der Waals surface area contributed by atoms with Crippen molar-refractivity contribution in [1.29, 1.82) is 0 Å². The smallest absolute Gasteiger partial charge is 0.103 e. The highest BCUT2D eigenvalue weighted by Crippen LogP contribution is 2.24. The molecule has 0 amide bonds. The zero-order valence-electron chi connectivity index (χ0n) is 10.9. The van der Waals surface area contributed by atoms with E-state index in [0.29, 0.717) is 21.6 Å². The molecule has 0 bridgehead atoms. The van der Waals surface area contributed by atoms with E-state index in [9.17, 15) is 0 Å². The molecular weight excluding hydrogens is 311 g/mol. The number of halogens is 2. The standard InChI is InChI=1S/C15H14Cl2N2S/c1-19(9-11-8-12(16)4-7-14(11)17)13-5-2-10(3-6-13)15(18)20/h2-8H,9H2,1H3,(H2,18,20). The van der Waals surface area contributed by atoms with Gasteiger partial charge in [0.2, 0.25) is 0 Å². The van der Waals surface area contributed by atoms with Crippen LogP contribution in [0, 0.1) is 0 Å². The minimum absolute atomic E-state index is 0.400. The summed E-state index contributed by atoms with van der Waals surface area (Å²) >= 11 is 17.1. The van der Waals surface area contributed by atoms with Crippen LogP contribution >= 0.6 is 35.4 Å². The lowest BCUT2D eigenvalue weighted by molar-refractivity contribution is 0.923. The quantitative estimate of drug-likeness (QED) is 0.852. The molecule has 2 aromatic rings. The van der Waals surface area contributed by atoms with Gasteiger partial charge in [-0.15, -0.1) is 0 Å². The second-order valence-corrected chi connectivity index (χ2v) is 5.79. The molecule has 0 fully saturated rings. The van der Waals surface area contributed by atoms with Crippen molar-refractivity contribution in [1.82, 2.24) is 0 Å². The molecule has 0 saturated carbocycles. The first kappa shape index (κ1) is 15.1. The molecule has 2 nitrogen and oxygen atoms in total. The fraction of sp³-hybridized carbons (Fsp3) is 0.133. The average molecular weight is 325 g/mol. The van der Waals surface area contributed by atoms with Crippen LogP contribution in [-0.2, 0) is 6.54 Å². The maximum atomic E-state index is 6.18. The fourth-order valence-corrected chi connectivity index (χ4v) is 2.40. The third-order valence-corrected chi connectivity index (χ3v) is 3.85. The summed E-state index contributed by atoms with van der Waals surface area (Å²) in [5, 5.41) is 1.39. The Kier molecular flexibility index (Phi) is 4.86. The number of nitrogens with two attached hydrogens (primary N) is 1. The zero-order valence-corrected chi connectivity index (χ0v) is 13.3. The van der Waals surface area contributed by atoms with Gasteiger partial charge in [-0.25, -0.2) is 0 Å². The van der Waals surface area contributed by atoms with Gasteiger partial charge in [-0.3, -0.25) is 0 Å². The fourth-order valence-electron chi connectivity index (χ4n) is 1.89. The van der Waals surface area contributed by atoms with E-state index >= 15 is 0 Å². The van der Waals surface area contributed by atoms with Gasteiger partial charge in [0, 0.05) is 34.9 Å². The maximum absolute atomic E-state index is 6.18. The Labute approximate surface area is 134 Å². The average Bonchev–Trinajstić information content (AvgIpc) is 2.43. The summed E-state index contributed by atoms with van der Waals surface area (Å²) < 4.78 is 0. The molecule has 2 N–H and O–H groups in total. The van der Waals surface area contributed by atoms with Gasteiger partial charge in [-0.1, -0.05) is 35.4 Å². The van der Waals surface area contributed by atoms with Gasteiger partial charge in [-0.2, -0.15) is 0 Å². The summed E-state index contributed by atoms with van der Waals surface area (Å²) in [5.74, 6) is 0. The van der Waals surface area contributed by atoms with Crippen LogP contribution in [0.5, 0.6) is 0 Å². The number of rotatable bonds is 4. The van der Waals surface area contributed by atoms with Crippen molar-refractivity contribution in [3.63, 3.8) is 0 Å². The number of benzene rings is 2. The van der Waals surface area contributed by atoms with Crippen LogP contribution in [0.1, 0.15) is 11.1 Å². The number of anilines is 1. The Hall–Kier alpha value is -1.29. The van der Waals surface area contributed by atoms with Crippen LogP contribution in [0.4, 0.5) is 5.69 Å². The van der Waals surface area contributed by atoms with Crippen LogP contribution < -0.4 is 10.6 Å². The number of hydrogen-bond donors (Lipinski definition) is 1. The highest BCUT2D eigenvalue weighted by Gasteiger charge is 2.07. The Morgan fingerprint density at radius 3 is 2.40 bits per heavy atom. The summed E-state index contributed by atoms with van der Waals surface area (Å²) in [4.78, 5) is 2.48. The van der Waals surface area contributed by atoms with Crippen molar-refractivity contribution in [3.05, 3.63) is 63.6 Å². The minimum Gasteiger partial charge on any atom is -0.389 e. The molecule has 0 radical (unpaired) electrons. The van der Waals surface area contributed by atoms with E-state index in [0.717, 1.165) is 16.8 Å². The van der Waals surface area contributed by atoms with E-state index in [1.165, 1.54) is 0 Å². The molecule has 0 spiro atoms. The summed E-state index contributed by atoms with van der Waals surface area (Å²) in [6.45, 7) is 0.672. The molecule has 104 valence electrons. The van der Waals surface area contributed by atoms with E-state index in [1.807, 2.05) is 43.4 Å². The van der Waals surface area contributed by atoms with Gasteiger partial charge in [-0.05, 0) is 48.0 Å². The predicted molar refractivity (Wildman–Crippen MR) is 90.9 cm³/mol. The molecule has 0 unspecified atom stereocenters. The van der Waals surface area contributed by atoms with E-state index in [2.05, 4.69) is 4.90 Å². The van der Waals surface area contributed by atoms with Crippen molar-refractivity contribution < 1.29 is 0 Å². The van der Waals surface area contributed by atoms with Crippen LogP contribution in [-0.4, -0.2) is 12.0 Å². The summed E-state index contributed by atoms with van der Waals surface area (Å²) in [6, 6.07) is 13.2. The second kappa shape index (κ2) is 6.44. The van der Waals surface area contributed by atoms with Gasteiger partial charge in [0.25, 0.3) is 0 Å². The first-order valence-corrected chi connectivity index (χ1v) is 7.18. The molecule has 2 rings (SSSR count). The highest BCUT2D eigenvalue weighted by molar-refractivity contribution is 7.80. The first-order valence-electron chi connectivity index (χ1n) is 6.02. The van der Waals surface area contributed by atoms with Gasteiger partial charge in [0.15, 0.2) is 0 Å². The molecule has 20 heavy (non-hydrogen) atoms. The number of hydrogen-bond acceptors (Lipinski definition) is 2. The van der Waals surface area contributed by atoms with Gasteiger partial charge >= 0.3 is 0 Å². The largest absolute Gasteiger partial charge is 0.389 e. The zero-order chi connectivity index (χ0) is 14.7. The number of nitrogens with zero attached hydrogens (tertiary/aromatic N) is 1. The van der Waals surface area contributed by atoms with E-state index in [-0.39, 0.29) is 0 Å². The normalized spacial score (nSPS) is 10.3. The van der Waals surface area contributed by atoms with Gasteiger partial charge in [0.1, 0.15) is 4.99 Å². The van der Waals surface area contributed by atoms with E-state index in [4.69, 9.17) is 41.2 Å². The second-order valence-electron chi connectivity index (χ2n) is 4.50. The lowest BCUT2D eigenvalue weighted by atomic mass is 10.1. The Morgan fingerprint density at radius 2 is 1.80 bits per heavy atom. The lowest BCUT2D eigenvalue weighted by Gasteiger charge is -2.20. The molecular formula is C15H14Cl2N2S. The van der Waals surface area contributed by atoms with Crippen molar-refractivity contribution in [2.45, 2.75) is 6.54 Å². The molecule has 5 heteroatoms. The minimum atomic E-state index is 0.400. The maximum Gasteiger partial charge on any atom is 0.103 e. The monoisotopic (exact) mass is 324 g/mol. The summed E-state index contributed by atoms with van der Waals surface area (Å²) in [7, 11) is 1.99. The lowest BCUT2D eigenvalue weighted by Crippen LogP contribution is -2.17. The van der Waals surface area contributed by atoms with Gasteiger partial charge in [0.05, 0.1) is 0 Å². The molecule has 0 aliphatic rings. The highest BCUT2D eigenvalue weighted by atomic mass is 35.5. The molecule has 0 atom stereocenters. The summed E-state index contributed by atoms with van der Waals surface area (Å²) in [5.41, 5.74) is 8.49.